The van der Waals surface area contributed by atoms with Crippen LogP contribution in [0.3, 0.4) is 0 Å². The van der Waals surface area contributed by atoms with E-state index in [1.165, 1.54) is 5.56 Å². The number of morpholine rings is 1. The van der Waals surface area contributed by atoms with Crippen LogP contribution < -0.4 is 10.2 Å². The summed E-state index contributed by atoms with van der Waals surface area (Å²) in [5, 5.41) is 3.43. The van der Waals surface area contributed by atoms with Crippen molar-refractivity contribution in [2.24, 2.45) is 0 Å². The molecule has 5 nitrogen and oxygen atoms in total. The Balaban J connectivity index is 2.30. The molecule has 1 aromatic heterocycles. The molecule has 1 aromatic rings. The van der Waals surface area contributed by atoms with Gasteiger partial charge in [-0.2, -0.15) is 0 Å². The molecule has 1 saturated heterocycles. The van der Waals surface area contributed by atoms with E-state index >= 15 is 0 Å². The van der Waals surface area contributed by atoms with Gasteiger partial charge in [0.1, 0.15) is 18.0 Å². The second-order valence-corrected chi connectivity index (χ2v) is 5.32. The van der Waals surface area contributed by atoms with Gasteiger partial charge in [0, 0.05) is 18.7 Å². The highest BCUT2D eigenvalue weighted by atomic mass is 16.5. The van der Waals surface area contributed by atoms with Crippen LogP contribution in [0.1, 0.15) is 39.2 Å². The third kappa shape index (κ3) is 3.39. The number of hydrogen-bond donors (Lipinski definition) is 1. The van der Waals surface area contributed by atoms with Crippen molar-refractivity contribution in [1.82, 2.24) is 9.97 Å². The van der Waals surface area contributed by atoms with Crippen LogP contribution in [0.2, 0.25) is 0 Å². The highest BCUT2D eigenvalue weighted by Gasteiger charge is 2.24. The largest absolute Gasteiger partial charge is 0.377 e. The maximum Gasteiger partial charge on any atom is 0.137 e. The Morgan fingerprint density at radius 1 is 1.35 bits per heavy atom. The molecular formula is C15H26N4O. The van der Waals surface area contributed by atoms with Crippen LogP contribution in [0.15, 0.2) is 6.33 Å². The Morgan fingerprint density at radius 3 is 2.90 bits per heavy atom. The average molecular weight is 278 g/mol. The van der Waals surface area contributed by atoms with Gasteiger partial charge in [0.15, 0.2) is 0 Å². The van der Waals surface area contributed by atoms with Gasteiger partial charge in [0.25, 0.3) is 0 Å². The normalized spacial score (nSPS) is 19.1. The number of ether oxygens (including phenoxy) is 1. The van der Waals surface area contributed by atoms with Gasteiger partial charge in [0.05, 0.1) is 19.3 Å². The molecule has 0 aromatic carbocycles. The van der Waals surface area contributed by atoms with E-state index in [1.54, 1.807) is 6.33 Å². The van der Waals surface area contributed by atoms with Gasteiger partial charge in [-0.1, -0.05) is 20.3 Å². The Kier molecular flexibility index (Phi) is 5.59. The standard InChI is InChI=1S/C15H26N4O/c1-4-6-13-14(16-7-5-2)17-11-18-15(13)19-8-9-20-10-12(19)3/h11-12H,4-10H2,1-3H3,(H,16,17,18). The van der Waals surface area contributed by atoms with Crippen molar-refractivity contribution in [1.29, 1.82) is 0 Å². The molecule has 0 saturated carbocycles. The van der Waals surface area contributed by atoms with Gasteiger partial charge in [-0.25, -0.2) is 9.97 Å². The molecular weight excluding hydrogens is 252 g/mol. The smallest absolute Gasteiger partial charge is 0.137 e. The lowest BCUT2D eigenvalue weighted by Gasteiger charge is -2.35. The van der Waals surface area contributed by atoms with Crippen molar-refractivity contribution < 1.29 is 4.74 Å². The van der Waals surface area contributed by atoms with Crippen molar-refractivity contribution in [2.45, 2.75) is 46.1 Å². The minimum atomic E-state index is 0.369. The minimum absolute atomic E-state index is 0.369. The van der Waals surface area contributed by atoms with E-state index in [4.69, 9.17) is 4.74 Å². The van der Waals surface area contributed by atoms with Crippen molar-refractivity contribution in [2.75, 3.05) is 36.5 Å². The van der Waals surface area contributed by atoms with Crippen LogP contribution >= 0.6 is 0 Å². The monoisotopic (exact) mass is 278 g/mol. The zero-order chi connectivity index (χ0) is 14.4. The van der Waals surface area contributed by atoms with Crippen LogP contribution in [0.4, 0.5) is 11.6 Å². The Bertz CT molecular complexity index is 424. The fourth-order valence-corrected chi connectivity index (χ4v) is 2.57. The summed E-state index contributed by atoms with van der Waals surface area (Å²) in [6.45, 7) is 9.96. The molecule has 2 rings (SSSR count). The topological polar surface area (TPSA) is 50.3 Å². The van der Waals surface area contributed by atoms with E-state index in [1.807, 2.05) is 0 Å². The van der Waals surface area contributed by atoms with Gasteiger partial charge in [-0.15, -0.1) is 0 Å². The maximum atomic E-state index is 5.53. The van der Waals surface area contributed by atoms with E-state index in [0.717, 1.165) is 57.2 Å². The summed E-state index contributed by atoms with van der Waals surface area (Å²) in [6.07, 6.45) is 4.87. The van der Waals surface area contributed by atoms with Crippen LogP contribution in [0.25, 0.3) is 0 Å². The molecule has 1 aliphatic rings. The zero-order valence-electron chi connectivity index (χ0n) is 12.9. The summed E-state index contributed by atoms with van der Waals surface area (Å²) in [6, 6.07) is 0.369. The molecule has 0 radical (unpaired) electrons. The van der Waals surface area contributed by atoms with Gasteiger partial charge >= 0.3 is 0 Å². The zero-order valence-corrected chi connectivity index (χ0v) is 12.9. The first-order chi connectivity index (χ1) is 9.77. The number of nitrogens with one attached hydrogen (secondary N) is 1. The molecule has 0 spiro atoms. The van der Waals surface area contributed by atoms with Crippen LogP contribution in [-0.2, 0) is 11.2 Å². The predicted octanol–water partition coefficient (Wildman–Crippen LogP) is 2.48. The molecule has 1 N–H and O–H groups in total. The van der Waals surface area contributed by atoms with E-state index in [9.17, 15) is 0 Å². The van der Waals surface area contributed by atoms with Crippen molar-refractivity contribution in [3.05, 3.63) is 11.9 Å². The van der Waals surface area contributed by atoms with Gasteiger partial charge < -0.3 is 15.0 Å². The first-order valence-corrected chi connectivity index (χ1v) is 7.70. The minimum Gasteiger partial charge on any atom is -0.377 e. The quantitative estimate of drug-likeness (QED) is 0.866. The summed E-state index contributed by atoms with van der Waals surface area (Å²) >= 11 is 0. The number of aromatic nitrogens is 2. The summed E-state index contributed by atoms with van der Waals surface area (Å²) in [4.78, 5) is 11.3. The third-order valence-electron chi connectivity index (χ3n) is 3.60. The number of rotatable bonds is 6. The SMILES string of the molecule is CCCNc1ncnc(N2CCOCC2C)c1CCC. The lowest BCUT2D eigenvalue weighted by Crippen LogP contribution is -2.44. The molecule has 0 bridgehead atoms. The Labute approximate surface area is 121 Å². The summed E-state index contributed by atoms with van der Waals surface area (Å²) in [5.41, 5.74) is 1.25. The van der Waals surface area contributed by atoms with E-state index < -0.39 is 0 Å². The second kappa shape index (κ2) is 7.43. The molecule has 20 heavy (non-hydrogen) atoms. The fourth-order valence-electron chi connectivity index (χ4n) is 2.57. The molecule has 0 aliphatic carbocycles. The maximum absolute atomic E-state index is 5.53. The van der Waals surface area contributed by atoms with Crippen LogP contribution in [0, 0.1) is 0 Å². The molecule has 5 heteroatoms. The van der Waals surface area contributed by atoms with Crippen molar-refractivity contribution in [3.8, 4) is 0 Å². The van der Waals surface area contributed by atoms with Crippen molar-refractivity contribution in [3.63, 3.8) is 0 Å². The molecule has 2 heterocycles. The van der Waals surface area contributed by atoms with Crippen molar-refractivity contribution >= 4 is 11.6 Å². The highest BCUT2D eigenvalue weighted by Crippen LogP contribution is 2.27. The van der Waals surface area contributed by atoms with Gasteiger partial charge in [0.2, 0.25) is 0 Å². The van der Waals surface area contributed by atoms with E-state index in [-0.39, 0.29) is 0 Å². The van der Waals surface area contributed by atoms with Gasteiger partial charge in [-0.05, 0) is 19.8 Å². The molecule has 1 aliphatic heterocycles. The lowest BCUT2D eigenvalue weighted by atomic mass is 10.1. The van der Waals surface area contributed by atoms with Gasteiger partial charge in [-0.3, -0.25) is 0 Å². The van der Waals surface area contributed by atoms with E-state index in [0.29, 0.717) is 6.04 Å². The predicted molar refractivity (Wildman–Crippen MR) is 82.4 cm³/mol. The second-order valence-electron chi connectivity index (χ2n) is 5.32. The molecule has 112 valence electrons. The number of hydrogen-bond acceptors (Lipinski definition) is 5. The summed E-state index contributed by atoms with van der Waals surface area (Å²) in [7, 11) is 0. The third-order valence-corrected chi connectivity index (χ3v) is 3.60. The Hall–Kier alpha value is -1.36. The summed E-state index contributed by atoms with van der Waals surface area (Å²) in [5.74, 6) is 2.08. The lowest BCUT2D eigenvalue weighted by molar-refractivity contribution is 0.0984. The van der Waals surface area contributed by atoms with E-state index in [2.05, 4.69) is 41.0 Å². The van der Waals surface area contributed by atoms with Crippen LogP contribution in [-0.4, -0.2) is 42.3 Å². The number of anilines is 2. The number of nitrogens with zero attached hydrogens (tertiary/aromatic N) is 3. The molecule has 1 atom stereocenters. The first-order valence-electron chi connectivity index (χ1n) is 7.70. The Morgan fingerprint density at radius 2 is 2.20 bits per heavy atom. The first kappa shape index (κ1) is 15.0. The van der Waals surface area contributed by atoms with Crippen LogP contribution in [0.5, 0.6) is 0 Å². The molecule has 1 unspecified atom stereocenters. The molecule has 1 fully saturated rings. The summed E-state index contributed by atoms with van der Waals surface area (Å²) < 4.78 is 5.53. The fraction of sp³-hybridized carbons (Fsp3) is 0.733. The highest BCUT2D eigenvalue weighted by molar-refractivity contribution is 5.59. The molecule has 0 amide bonds. The average Bonchev–Trinajstić information content (AvgIpc) is 2.47.